The predicted octanol–water partition coefficient (Wildman–Crippen LogP) is 0.730. The van der Waals surface area contributed by atoms with E-state index in [1.54, 1.807) is 11.8 Å². The molecular formula is C9H13N3OS. The van der Waals surface area contributed by atoms with Crippen molar-refractivity contribution in [2.45, 2.75) is 24.6 Å². The molecule has 14 heavy (non-hydrogen) atoms. The molecule has 5 heteroatoms. The van der Waals surface area contributed by atoms with Crippen molar-refractivity contribution in [1.29, 1.82) is 0 Å². The minimum absolute atomic E-state index is 0.404. The Balaban J connectivity index is 2.47. The molecule has 0 radical (unpaired) electrons. The van der Waals surface area contributed by atoms with Crippen LogP contribution in [0.1, 0.15) is 17.1 Å². The highest BCUT2D eigenvalue weighted by Crippen LogP contribution is 2.24. The molecule has 0 spiro atoms. The van der Waals surface area contributed by atoms with Crippen LogP contribution in [0.3, 0.4) is 0 Å². The second-order valence-electron chi connectivity index (χ2n) is 3.08. The molecule has 0 amide bonds. The first kappa shape index (κ1) is 9.89. The fourth-order valence-electron chi connectivity index (χ4n) is 1.51. The number of fused-ring (bicyclic) bond motifs is 1. The van der Waals surface area contributed by atoms with Crippen molar-refractivity contribution in [2.75, 3.05) is 12.9 Å². The Kier molecular flexibility index (Phi) is 3.00. The third-order valence-corrected chi connectivity index (χ3v) is 2.93. The lowest BCUT2D eigenvalue weighted by molar-refractivity contribution is 0.106. The van der Waals surface area contributed by atoms with Gasteiger partial charge in [-0.15, -0.1) is 11.8 Å². The highest BCUT2D eigenvalue weighted by molar-refractivity contribution is 7.98. The molecule has 0 aromatic carbocycles. The summed E-state index contributed by atoms with van der Waals surface area (Å²) in [5.41, 5.74) is 7.79. The molecule has 2 N–H and O–H groups in total. The Morgan fingerprint density at radius 2 is 2.36 bits per heavy atom. The molecule has 1 aliphatic heterocycles. The summed E-state index contributed by atoms with van der Waals surface area (Å²) in [6.07, 6.45) is 2.88. The van der Waals surface area contributed by atoms with Crippen molar-refractivity contribution in [2.24, 2.45) is 5.73 Å². The number of nitrogens with two attached hydrogens (primary N) is 1. The van der Waals surface area contributed by atoms with E-state index in [-0.39, 0.29) is 0 Å². The molecule has 0 unspecified atom stereocenters. The number of nitrogens with zero attached hydrogens (tertiary/aromatic N) is 2. The van der Waals surface area contributed by atoms with E-state index >= 15 is 0 Å². The van der Waals surface area contributed by atoms with Gasteiger partial charge in [0, 0.05) is 12.0 Å². The first-order valence-corrected chi connectivity index (χ1v) is 5.78. The lowest BCUT2D eigenvalue weighted by atomic mass is 10.1. The molecule has 2 heterocycles. The van der Waals surface area contributed by atoms with E-state index in [4.69, 9.17) is 10.5 Å². The van der Waals surface area contributed by atoms with Crippen molar-refractivity contribution in [3.05, 3.63) is 17.1 Å². The van der Waals surface area contributed by atoms with Crippen molar-refractivity contribution in [3.63, 3.8) is 0 Å². The normalized spacial score (nSPS) is 15.3. The van der Waals surface area contributed by atoms with E-state index in [2.05, 4.69) is 9.97 Å². The molecular weight excluding hydrogens is 198 g/mol. The van der Waals surface area contributed by atoms with Crippen LogP contribution in [-0.4, -0.2) is 22.8 Å². The van der Waals surface area contributed by atoms with Crippen LogP contribution >= 0.6 is 11.8 Å². The SMILES string of the molecule is CSc1nc(CN)nc2c1COCC2. The van der Waals surface area contributed by atoms with Gasteiger partial charge in [-0.25, -0.2) is 9.97 Å². The van der Waals surface area contributed by atoms with Crippen LogP contribution in [0.4, 0.5) is 0 Å². The number of hydrogen-bond acceptors (Lipinski definition) is 5. The van der Waals surface area contributed by atoms with Gasteiger partial charge in [0.15, 0.2) is 0 Å². The van der Waals surface area contributed by atoms with E-state index in [1.165, 1.54) is 0 Å². The van der Waals surface area contributed by atoms with Gasteiger partial charge in [-0.2, -0.15) is 0 Å². The molecule has 0 saturated carbocycles. The largest absolute Gasteiger partial charge is 0.376 e. The number of ether oxygens (including phenoxy) is 1. The average molecular weight is 211 g/mol. The topological polar surface area (TPSA) is 61.0 Å². The summed E-state index contributed by atoms with van der Waals surface area (Å²) in [6.45, 7) is 1.79. The minimum atomic E-state index is 0.404. The van der Waals surface area contributed by atoms with E-state index in [0.717, 1.165) is 35.1 Å². The Morgan fingerprint density at radius 3 is 3.07 bits per heavy atom. The summed E-state index contributed by atoms with van der Waals surface area (Å²) >= 11 is 1.63. The first-order valence-electron chi connectivity index (χ1n) is 4.55. The van der Waals surface area contributed by atoms with Crippen molar-refractivity contribution < 1.29 is 4.74 Å². The number of hydrogen-bond donors (Lipinski definition) is 1. The van der Waals surface area contributed by atoms with E-state index in [0.29, 0.717) is 13.2 Å². The van der Waals surface area contributed by atoms with Crippen LogP contribution in [0, 0.1) is 0 Å². The molecule has 2 rings (SSSR count). The van der Waals surface area contributed by atoms with Crippen LogP contribution in [0.25, 0.3) is 0 Å². The Bertz CT molecular complexity index is 326. The fourth-order valence-corrected chi connectivity index (χ4v) is 2.13. The number of thioether (sulfide) groups is 1. The monoisotopic (exact) mass is 211 g/mol. The lowest BCUT2D eigenvalue weighted by Crippen LogP contribution is -2.17. The molecule has 1 aliphatic rings. The third kappa shape index (κ3) is 1.75. The third-order valence-electron chi connectivity index (χ3n) is 2.21. The van der Waals surface area contributed by atoms with Crippen molar-refractivity contribution >= 4 is 11.8 Å². The summed E-state index contributed by atoms with van der Waals surface area (Å²) in [5, 5.41) is 1.01. The maximum absolute atomic E-state index is 5.54. The molecule has 0 bridgehead atoms. The quantitative estimate of drug-likeness (QED) is 0.577. The maximum Gasteiger partial charge on any atom is 0.143 e. The van der Waals surface area contributed by atoms with Gasteiger partial charge >= 0.3 is 0 Å². The second kappa shape index (κ2) is 4.25. The van der Waals surface area contributed by atoms with Gasteiger partial charge in [-0.05, 0) is 6.26 Å². The maximum atomic E-state index is 5.54. The Hall–Kier alpha value is -0.650. The molecule has 0 saturated heterocycles. The van der Waals surface area contributed by atoms with Gasteiger partial charge in [-0.3, -0.25) is 0 Å². The predicted molar refractivity (Wildman–Crippen MR) is 55.1 cm³/mol. The van der Waals surface area contributed by atoms with Crippen molar-refractivity contribution in [1.82, 2.24) is 9.97 Å². The van der Waals surface area contributed by atoms with Gasteiger partial charge in [0.25, 0.3) is 0 Å². The highest BCUT2D eigenvalue weighted by Gasteiger charge is 2.16. The molecule has 76 valence electrons. The molecule has 1 aromatic rings. The Morgan fingerprint density at radius 1 is 1.50 bits per heavy atom. The first-order chi connectivity index (χ1) is 6.85. The zero-order chi connectivity index (χ0) is 9.97. The number of aromatic nitrogens is 2. The zero-order valence-electron chi connectivity index (χ0n) is 8.12. The van der Waals surface area contributed by atoms with E-state index in [9.17, 15) is 0 Å². The van der Waals surface area contributed by atoms with E-state index < -0.39 is 0 Å². The molecule has 1 aromatic heterocycles. The standard InChI is InChI=1S/C9H13N3OS/c1-14-9-6-5-13-3-2-7(6)11-8(4-10)12-9/h2-5,10H2,1H3. The van der Waals surface area contributed by atoms with Gasteiger partial charge in [0.2, 0.25) is 0 Å². The highest BCUT2D eigenvalue weighted by atomic mass is 32.2. The molecule has 4 nitrogen and oxygen atoms in total. The molecule has 0 fully saturated rings. The van der Waals surface area contributed by atoms with E-state index in [1.807, 2.05) is 6.26 Å². The summed E-state index contributed by atoms with van der Waals surface area (Å²) in [6, 6.07) is 0. The number of rotatable bonds is 2. The Labute approximate surface area is 87.3 Å². The lowest BCUT2D eigenvalue weighted by Gasteiger charge is -2.18. The van der Waals surface area contributed by atoms with Crippen LogP contribution < -0.4 is 5.73 Å². The van der Waals surface area contributed by atoms with Crippen LogP contribution in [0.5, 0.6) is 0 Å². The smallest absolute Gasteiger partial charge is 0.143 e. The summed E-state index contributed by atoms with van der Waals surface area (Å²) in [7, 11) is 0. The summed E-state index contributed by atoms with van der Waals surface area (Å²) in [5.74, 6) is 0.731. The van der Waals surface area contributed by atoms with Crippen LogP contribution in [0.15, 0.2) is 5.03 Å². The molecule has 0 aliphatic carbocycles. The summed E-state index contributed by atoms with van der Waals surface area (Å²) in [4.78, 5) is 8.78. The summed E-state index contributed by atoms with van der Waals surface area (Å²) < 4.78 is 5.39. The van der Waals surface area contributed by atoms with Gasteiger partial charge in [0.05, 0.1) is 25.5 Å². The van der Waals surface area contributed by atoms with Gasteiger partial charge in [0.1, 0.15) is 10.9 Å². The zero-order valence-corrected chi connectivity index (χ0v) is 8.93. The van der Waals surface area contributed by atoms with Crippen LogP contribution in [0.2, 0.25) is 0 Å². The van der Waals surface area contributed by atoms with Crippen LogP contribution in [-0.2, 0) is 24.3 Å². The van der Waals surface area contributed by atoms with Gasteiger partial charge < -0.3 is 10.5 Å². The van der Waals surface area contributed by atoms with Gasteiger partial charge in [-0.1, -0.05) is 0 Å². The average Bonchev–Trinajstić information content (AvgIpc) is 2.27. The molecule has 0 atom stereocenters. The fraction of sp³-hybridized carbons (Fsp3) is 0.556. The van der Waals surface area contributed by atoms with Crippen molar-refractivity contribution in [3.8, 4) is 0 Å². The second-order valence-corrected chi connectivity index (χ2v) is 3.88. The minimum Gasteiger partial charge on any atom is -0.376 e.